The summed E-state index contributed by atoms with van der Waals surface area (Å²) in [5, 5.41) is 10.1. The van der Waals surface area contributed by atoms with Crippen molar-refractivity contribution in [1.82, 2.24) is 4.90 Å². The Bertz CT molecular complexity index is 491. The molecule has 0 amide bonds. The number of rotatable bonds is 8. The van der Waals surface area contributed by atoms with Crippen LogP contribution in [0.2, 0.25) is 0 Å². The molecule has 0 heterocycles. The quantitative estimate of drug-likeness (QED) is 0.717. The number of aliphatic hydroxyl groups excluding tert-OH is 1. The third-order valence-electron chi connectivity index (χ3n) is 4.06. The number of likely N-dealkylation sites (N-methyl/N-ethyl adjacent to an activating group) is 1. The molecule has 116 valence electrons. The second-order valence-corrected chi connectivity index (χ2v) is 6.31. The Balaban J connectivity index is 1.79. The van der Waals surface area contributed by atoms with Crippen LogP contribution in [0.5, 0.6) is 5.75 Å². The molecule has 0 bridgehead atoms. The molecular formula is C16H24N2O2S. The Kier molecular flexibility index (Phi) is 5.56. The molecule has 2 atom stereocenters. The molecule has 1 aliphatic rings. The standard InChI is InChI=1S/C16H24N2O2S/c1-11(12-6-7-12)18(2)9-14(19)10-20-15-5-3-4-13(8-15)16(17)21/h3-5,8,11-12,14,19H,6-7,9-10H2,1-2H3,(H2,17,21). The Morgan fingerprint density at radius 1 is 1.52 bits per heavy atom. The molecule has 0 aromatic heterocycles. The highest BCUT2D eigenvalue weighted by Gasteiger charge is 2.30. The summed E-state index contributed by atoms with van der Waals surface area (Å²) in [6.07, 6.45) is 2.11. The van der Waals surface area contributed by atoms with Crippen LogP contribution in [-0.2, 0) is 0 Å². The molecule has 0 aliphatic heterocycles. The van der Waals surface area contributed by atoms with E-state index in [0.717, 1.165) is 11.5 Å². The third kappa shape index (κ3) is 4.95. The van der Waals surface area contributed by atoms with Gasteiger partial charge in [0, 0.05) is 18.2 Å². The topological polar surface area (TPSA) is 58.7 Å². The second-order valence-electron chi connectivity index (χ2n) is 5.87. The van der Waals surface area contributed by atoms with Crippen molar-refractivity contribution in [3.05, 3.63) is 29.8 Å². The molecule has 1 aromatic carbocycles. The first-order chi connectivity index (χ1) is 9.97. The zero-order chi connectivity index (χ0) is 15.4. The lowest BCUT2D eigenvalue weighted by molar-refractivity contribution is 0.0623. The van der Waals surface area contributed by atoms with E-state index in [1.807, 2.05) is 18.2 Å². The maximum Gasteiger partial charge on any atom is 0.120 e. The molecule has 1 saturated carbocycles. The molecule has 2 unspecified atom stereocenters. The normalized spacial score (nSPS) is 17.5. The van der Waals surface area contributed by atoms with Crippen LogP contribution in [0.1, 0.15) is 25.3 Å². The van der Waals surface area contributed by atoms with Gasteiger partial charge in [-0.05, 0) is 44.9 Å². The largest absolute Gasteiger partial charge is 0.491 e. The van der Waals surface area contributed by atoms with E-state index in [-0.39, 0.29) is 6.61 Å². The van der Waals surface area contributed by atoms with Gasteiger partial charge in [-0.25, -0.2) is 0 Å². The van der Waals surface area contributed by atoms with Crippen molar-refractivity contribution in [2.75, 3.05) is 20.2 Å². The van der Waals surface area contributed by atoms with Crippen LogP contribution in [0, 0.1) is 5.92 Å². The molecular weight excluding hydrogens is 284 g/mol. The van der Waals surface area contributed by atoms with Gasteiger partial charge in [-0.1, -0.05) is 24.4 Å². The third-order valence-corrected chi connectivity index (χ3v) is 4.29. The Morgan fingerprint density at radius 2 is 2.24 bits per heavy atom. The average molecular weight is 308 g/mol. The lowest BCUT2D eigenvalue weighted by atomic mass is 10.2. The molecule has 3 N–H and O–H groups in total. The van der Waals surface area contributed by atoms with Gasteiger partial charge >= 0.3 is 0 Å². The van der Waals surface area contributed by atoms with E-state index in [2.05, 4.69) is 18.9 Å². The summed E-state index contributed by atoms with van der Waals surface area (Å²) in [6.45, 7) is 3.10. The summed E-state index contributed by atoms with van der Waals surface area (Å²) < 4.78 is 5.62. The zero-order valence-corrected chi connectivity index (χ0v) is 13.5. The van der Waals surface area contributed by atoms with Gasteiger partial charge in [-0.15, -0.1) is 0 Å². The second kappa shape index (κ2) is 7.20. The van der Waals surface area contributed by atoms with E-state index in [9.17, 15) is 5.11 Å². The first kappa shape index (κ1) is 16.2. The van der Waals surface area contributed by atoms with Crippen molar-refractivity contribution in [2.24, 2.45) is 11.7 Å². The minimum Gasteiger partial charge on any atom is -0.491 e. The Hall–Kier alpha value is -1.17. The van der Waals surface area contributed by atoms with E-state index >= 15 is 0 Å². The van der Waals surface area contributed by atoms with Gasteiger partial charge in [-0.3, -0.25) is 0 Å². The van der Waals surface area contributed by atoms with Crippen molar-refractivity contribution in [2.45, 2.75) is 31.9 Å². The average Bonchev–Trinajstić information content (AvgIpc) is 3.29. The number of aliphatic hydroxyl groups is 1. The van der Waals surface area contributed by atoms with Gasteiger partial charge in [-0.2, -0.15) is 0 Å². The first-order valence-electron chi connectivity index (χ1n) is 7.38. The molecule has 1 fully saturated rings. The number of nitrogens with two attached hydrogens (primary N) is 1. The van der Waals surface area contributed by atoms with Crippen LogP contribution >= 0.6 is 12.2 Å². The van der Waals surface area contributed by atoms with E-state index in [1.54, 1.807) is 6.07 Å². The van der Waals surface area contributed by atoms with Gasteiger partial charge in [0.1, 0.15) is 23.4 Å². The summed E-state index contributed by atoms with van der Waals surface area (Å²) in [4.78, 5) is 2.55. The highest BCUT2D eigenvalue weighted by Crippen LogP contribution is 2.34. The molecule has 0 saturated heterocycles. The fraction of sp³-hybridized carbons (Fsp3) is 0.562. The SMILES string of the molecule is CC(C1CC1)N(C)CC(O)COc1cccc(C(N)=S)c1. The van der Waals surface area contributed by atoms with E-state index in [1.165, 1.54) is 12.8 Å². The highest BCUT2D eigenvalue weighted by atomic mass is 32.1. The smallest absolute Gasteiger partial charge is 0.120 e. The van der Waals surface area contributed by atoms with Crippen LogP contribution in [-0.4, -0.2) is 47.3 Å². The summed E-state index contributed by atoms with van der Waals surface area (Å²) in [6, 6.07) is 7.85. The Morgan fingerprint density at radius 3 is 2.86 bits per heavy atom. The van der Waals surface area contributed by atoms with Crippen molar-refractivity contribution in [3.8, 4) is 5.75 Å². The molecule has 2 rings (SSSR count). The molecule has 1 aliphatic carbocycles. The molecule has 4 nitrogen and oxygen atoms in total. The van der Waals surface area contributed by atoms with Gasteiger partial charge in [0.25, 0.3) is 0 Å². The van der Waals surface area contributed by atoms with E-state index in [0.29, 0.717) is 23.3 Å². The summed E-state index contributed by atoms with van der Waals surface area (Å²) in [5.41, 5.74) is 6.37. The highest BCUT2D eigenvalue weighted by molar-refractivity contribution is 7.80. The number of hydrogen-bond donors (Lipinski definition) is 2. The fourth-order valence-corrected chi connectivity index (χ4v) is 2.55. The van der Waals surface area contributed by atoms with Crippen molar-refractivity contribution < 1.29 is 9.84 Å². The van der Waals surface area contributed by atoms with Crippen LogP contribution in [0.25, 0.3) is 0 Å². The van der Waals surface area contributed by atoms with Gasteiger partial charge in [0.05, 0.1) is 0 Å². The maximum atomic E-state index is 10.1. The van der Waals surface area contributed by atoms with Crippen LogP contribution in [0.3, 0.4) is 0 Å². The maximum absolute atomic E-state index is 10.1. The lowest BCUT2D eigenvalue weighted by Crippen LogP contribution is -2.39. The monoisotopic (exact) mass is 308 g/mol. The van der Waals surface area contributed by atoms with Crippen molar-refractivity contribution >= 4 is 17.2 Å². The van der Waals surface area contributed by atoms with Gasteiger partial charge < -0.3 is 20.5 Å². The van der Waals surface area contributed by atoms with Gasteiger partial charge in [0.2, 0.25) is 0 Å². The number of ether oxygens (including phenoxy) is 1. The van der Waals surface area contributed by atoms with Crippen molar-refractivity contribution in [1.29, 1.82) is 0 Å². The molecule has 0 radical (unpaired) electrons. The lowest BCUT2D eigenvalue weighted by Gasteiger charge is -2.27. The van der Waals surface area contributed by atoms with Crippen LogP contribution in [0.15, 0.2) is 24.3 Å². The Labute approximate surface area is 131 Å². The molecule has 21 heavy (non-hydrogen) atoms. The number of thiocarbonyl (C=S) groups is 1. The summed E-state index contributed by atoms with van der Waals surface area (Å²) in [5.74, 6) is 1.47. The fourth-order valence-electron chi connectivity index (χ4n) is 2.42. The molecule has 0 spiro atoms. The summed E-state index contributed by atoms with van der Waals surface area (Å²) in [7, 11) is 2.06. The molecule has 5 heteroatoms. The summed E-state index contributed by atoms with van der Waals surface area (Å²) >= 11 is 4.94. The zero-order valence-electron chi connectivity index (χ0n) is 12.7. The van der Waals surface area contributed by atoms with E-state index in [4.69, 9.17) is 22.7 Å². The number of benzene rings is 1. The van der Waals surface area contributed by atoms with Crippen molar-refractivity contribution in [3.63, 3.8) is 0 Å². The number of nitrogens with zero attached hydrogens (tertiary/aromatic N) is 1. The van der Waals surface area contributed by atoms with E-state index < -0.39 is 6.10 Å². The minimum absolute atomic E-state index is 0.266. The molecule has 1 aromatic rings. The predicted molar refractivity (Wildman–Crippen MR) is 88.6 cm³/mol. The number of hydrogen-bond acceptors (Lipinski definition) is 4. The van der Waals surface area contributed by atoms with Crippen LogP contribution < -0.4 is 10.5 Å². The predicted octanol–water partition coefficient (Wildman–Crippen LogP) is 1.79. The van der Waals surface area contributed by atoms with Gasteiger partial charge in [0.15, 0.2) is 0 Å². The minimum atomic E-state index is -0.510. The van der Waals surface area contributed by atoms with Crippen LogP contribution in [0.4, 0.5) is 0 Å². The first-order valence-corrected chi connectivity index (χ1v) is 7.79.